The second-order valence-corrected chi connectivity index (χ2v) is 6.56. The Balaban J connectivity index is 2.06. The standard InChI is InChI=1S/C14H22N2S/c1-10(2)17-13-6-4-12(5-7-13)14-11(3)15-8-9-16-14/h4-7,10-11,14-16H,8-9H2,1-3H3. The van der Waals surface area contributed by atoms with E-state index in [1.807, 2.05) is 11.8 Å². The fraction of sp³-hybridized carbons (Fsp3) is 0.571. The zero-order valence-electron chi connectivity index (χ0n) is 10.9. The average molecular weight is 250 g/mol. The van der Waals surface area contributed by atoms with Crippen LogP contribution in [0.3, 0.4) is 0 Å². The molecule has 0 amide bonds. The topological polar surface area (TPSA) is 24.1 Å². The van der Waals surface area contributed by atoms with Gasteiger partial charge in [0, 0.05) is 35.3 Å². The minimum atomic E-state index is 0.446. The van der Waals surface area contributed by atoms with Crippen LogP contribution in [-0.4, -0.2) is 24.4 Å². The van der Waals surface area contributed by atoms with Crippen molar-refractivity contribution in [3.8, 4) is 0 Å². The van der Waals surface area contributed by atoms with E-state index in [1.54, 1.807) is 0 Å². The number of nitrogens with one attached hydrogen (secondary N) is 2. The molecular weight excluding hydrogens is 228 g/mol. The molecule has 0 saturated carbocycles. The van der Waals surface area contributed by atoms with Crippen LogP contribution < -0.4 is 10.6 Å². The summed E-state index contributed by atoms with van der Waals surface area (Å²) in [5, 5.41) is 7.73. The van der Waals surface area contributed by atoms with Crippen molar-refractivity contribution in [2.24, 2.45) is 0 Å². The SMILES string of the molecule is CC(C)Sc1ccc(C2NCCNC2C)cc1. The number of piperazine rings is 1. The lowest BCUT2D eigenvalue weighted by Crippen LogP contribution is -2.48. The van der Waals surface area contributed by atoms with Crippen LogP contribution in [-0.2, 0) is 0 Å². The van der Waals surface area contributed by atoms with Crippen molar-refractivity contribution < 1.29 is 0 Å². The molecule has 1 aliphatic rings. The van der Waals surface area contributed by atoms with Crippen LogP contribution in [0.1, 0.15) is 32.4 Å². The molecule has 2 rings (SSSR count). The monoisotopic (exact) mass is 250 g/mol. The molecule has 0 aromatic heterocycles. The lowest BCUT2D eigenvalue weighted by atomic mass is 9.99. The van der Waals surface area contributed by atoms with E-state index in [1.165, 1.54) is 10.5 Å². The predicted molar refractivity (Wildman–Crippen MR) is 75.6 cm³/mol. The Morgan fingerprint density at radius 2 is 1.76 bits per heavy atom. The Bertz CT molecular complexity index is 348. The normalized spacial score (nSPS) is 25.2. The van der Waals surface area contributed by atoms with Crippen molar-refractivity contribution >= 4 is 11.8 Å². The molecule has 0 spiro atoms. The zero-order chi connectivity index (χ0) is 12.3. The number of thioether (sulfide) groups is 1. The molecule has 17 heavy (non-hydrogen) atoms. The Morgan fingerprint density at radius 3 is 2.35 bits per heavy atom. The molecule has 0 aliphatic carbocycles. The molecule has 94 valence electrons. The first-order valence-corrected chi connectivity index (χ1v) is 7.28. The van der Waals surface area contributed by atoms with Gasteiger partial charge in [-0.25, -0.2) is 0 Å². The minimum absolute atomic E-state index is 0.446. The second-order valence-electron chi connectivity index (χ2n) is 4.91. The van der Waals surface area contributed by atoms with Crippen molar-refractivity contribution in [1.29, 1.82) is 0 Å². The van der Waals surface area contributed by atoms with Gasteiger partial charge in [0.1, 0.15) is 0 Å². The van der Waals surface area contributed by atoms with E-state index in [-0.39, 0.29) is 0 Å². The van der Waals surface area contributed by atoms with E-state index < -0.39 is 0 Å². The molecule has 1 heterocycles. The van der Waals surface area contributed by atoms with E-state index in [0.29, 0.717) is 17.3 Å². The summed E-state index contributed by atoms with van der Waals surface area (Å²) in [5.41, 5.74) is 1.39. The van der Waals surface area contributed by atoms with Gasteiger partial charge < -0.3 is 10.6 Å². The molecule has 2 N–H and O–H groups in total. The second kappa shape index (κ2) is 5.89. The van der Waals surface area contributed by atoms with Crippen LogP contribution in [0.25, 0.3) is 0 Å². The van der Waals surface area contributed by atoms with Crippen LogP contribution in [0.2, 0.25) is 0 Å². The number of hydrogen-bond donors (Lipinski definition) is 2. The van der Waals surface area contributed by atoms with Gasteiger partial charge in [-0.15, -0.1) is 11.8 Å². The van der Waals surface area contributed by atoms with Gasteiger partial charge in [-0.2, -0.15) is 0 Å². The van der Waals surface area contributed by atoms with E-state index >= 15 is 0 Å². The molecule has 1 aromatic rings. The molecule has 1 aromatic carbocycles. The van der Waals surface area contributed by atoms with Crippen molar-refractivity contribution in [1.82, 2.24) is 10.6 Å². The van der Waals surface area contributed by atoms with Crippen LogP contribution in [0.5, 0.6) is 0 Å². The lowest BCUT2D eigenvalue weighted by Gasteiger charge is -2.31. The summed E-state index contributed by atoms with van der Waals surface area (Å²) in [5.74, 6) is 0. The average Bonchev–Trinajstić information content (AvgIpc) is 2.30. The van der Waals surface area contributed by atoms with Crippen molar-refractivity contribution in [2.75, 3.05) is 13.1 Å². The van der Waals surface area contributed by atoms with Crippen molar-refractivity contribution in [3.63, 3.8) is 0 Å². The first-order valence-electron chi connectivity index (χ1n) is 6.40. The molecule has 0 bridgehead atoms. The Kier molecular flexibility index (Phi) is 4.48. The van der Waals surface area contributed by atoms with E-state index in [9.17, 15) is 0 Å². The summed E-state index contributed by atoms with van der Waals surface area (Å²) in [6, 6.07) is 9.94. The maximum absolute atomic E-state index is 3.58. The van der Waals surface area contributed by atoms with Crippen LogP contribution in [0.4, 0.5) is 0 Å². The minimum Gasteiger partial charge on any atom is -0.311 e. The molecule has 2 atom stereocenters. The number of hydrogen-bond acceptors (Lipinski definition) is 3. The summed E-state index contributed by atoms with van der Waals surface area (Å²) in [6.07, 6.45) is 0. The van der Waals surface area contributed by atoms with E-state index in [2.05, 4.69) is 55.7 Å². The van der Waals surface area contributed by atoms with Gasteiger partial charge in [-0.3, -0.25) is 0 Å². The first-order chi connectivity index (χ1) is 8.16. The Labute approximate surface area is 109 Å². The third-order valence-electron chi connectivity index (χ3n) is 3.07. The van der Waals surface area contributed by atoms with Gasteiger partial charge >= 0.3 is 0 Å². The van der Waals surface area contributed by atoms with Gasteiger partial charge in [0.05, 0.1) is 0 Å². The highest BCUT2D eigenvalue weighted by Crippen LogP contribution is 2.26. The van der Waals surface area contributed by atoms with Gasteiger partial charge in [0.2, 0.25) is 0 Å². The molecule has 3 heteroatoms. The maximum atomic E-state index is 3.58. The molecule has 1 saturated heterocycles. The summed E-state index contributed by atoms with van der Waals surface area (Å²) < 4.78 is 0. The largest absolute Gasteiger partial charge is 0.311 e. The van der Waals surface area contributed by atoms with Crippen LogP contribution >= 0.6 is 11.8 Å². The number of benzene rings is 1. The van der Waals surface area contributed by atoms with Gasteiger partial charge in [0.25, 0.3) is 0 Å². The van der Waals surface area contributed by atoms with Crippen LogP contribution in [0, 0.1) is 0 Å². The van der Waals surface area contributed by atoms with Gasteiger partial charge in [-0.05, 0) is 24.6 Å². The molecule has 1 fully saturated rings. The van der Waals surface area contributed by atoms with Crippen LogP contribution in [0.15, 0.2) is 29.2 Å². The molecule has 0 radical (unpaired) electrons. The Morgan fingerprint density at radius 1 is 1.12 bits per heavy atom. The molecule has 2 nitrogen and oxygen atoms in total. The summed E-state index contributed by atoms with van der Waals surface area (Å²) in [6.45, 7) is 8.82. The molecule has 2 unspecified atom stereocenters. The molecule has 1 aliphatic heterocycles. The smallest absolute Gasteiger partial charge is 0.0473 e. The predicted octanol–water partition coefficient (Wildman–Crippen LogP) is 2.81. The zero-order valence-corrected chi connectivity index (χ0v) is 11.7. The number of rotatable bonds is 3. The lowest BCUT2D eigenvalue weighted by molar-refractivity contribution is 0.345. The fourth-order valence-corrected chi connectivity index (χ4v) is 3.09. The van der Waals surface area contributed by atoms with Crippen molar-refractivity contribution in [3.05, 3.63) is 29.8 Å². The molecular formula is C14H22N2S. The highest BCUT2D eigenvalue weighted by atomic mass is 32.2. The highest BCUT2D eigenvalue weighted by molar-refractivity contribution is 7.99. The van der Waals surface area contributed by atoms with Crippen molar-refractivity contribution in [2.45, 2.75) is 43.0 Å². The first kappa shape index (κ1) is 12.9. The summed E-state index contributed by atoms with van der Waals surface area (Å²) in [4.78, 5) is 1.36. The van der Waals surface area contributed by atoms with E-state index in [4.69, 9.17) is 0 Å². The van der Waals surface area contributed by atoms with Gasteiger partial charge in [0.15, 0.2) is 0 Å². The van der Waals surface area contributed by atoms with Gasteiger partial charge in [-0.1, -0.05) is 26.0 Å². The summed E-state index contributed by atoms with van der Waals surface area (Å²) in [7, 11) is 0. The van der Waals surface area contributed by atoms with E-state index in [0.717, 1.165) is 13.1 Å². The summed E-state index contributed by atoms with van der Waals surface area (Å²) >= 11 is 1.92. The maximum Gasteiger partial charge on any atom is 0.0473 e. The Hall–Kier alpha value is -0.510. The third-order valence-corrected chi connectivity index (χ3v) is 4.08. The fourth-order valence-electron chi connectivity index (χ4n) is 2.25. The third kappa shape index (κ3) is 3.47. The quantitative estimate of drug-likeness (QED) is 0.807. The highest BCUT2D eigenvalue weighted by Gasteiger charge is 2.21.